The van der Waals surface area contributed by atoms with Gasteiger partial charge in [0.2, 0.25) is 0 Å². The molecule has 0 fully saturated rings. The van der Waals surface area contributed by atoms with Crippen molar-refractivity contribution in [2.75, 3.05) is 6.61 Å². The number of hydrogen-bond acceptors (Lipinski definition) is 4. The van der Waals surface area contributed by atoms with E-state index in [1.54, 1.807) is 24.3 Å². The molecule has 0 aliphatic carbocycles. The average Bonchev–Trinajstić information content (AvgIpc) is 2.59. The first-order valence-corrected chi connectivity index (χ1v) is 7.41. The quantitative estimate of drug-likeness (QED) is 0.462. The van der Waals surface area contributed by atoms with Gasteiger partial charge in [-0.2, -0.15) is 0 Å². The maximum absolute atomic E-state index is 11.8. The smallest absolute Gasteiger partial charge is 0.338 e. The second-order valence-electron chi connectivity index (χ2n) is 4.83. The fraction of sp³-hybridized carbons (Fsp3) is 0.158. The molecule has 0 saturated carbocycles. The van der Waals surface area contributed by atoms with Crippen molar-refractivity contribution in [1.29, 1.82) is 0 Å². The minimum absolute atomic E-state index is 0.304. The summed E-state index contributed by atoms with van der Waals surface area (Å²) in [6.07, 6.45) is 3.77. The van der Waals surface area contributed by atoms with Gasteiger partial charge >= 0.3 is 11.9 Å². The molecule has 0 aromatic heterocycles. The van der Waals surface area contributed by atoms with E-state index >= 15 is 0 Å². The first-order valence-electron chi connectivity index (χ1n) is 7.41. The van der Waals surface area contributed by atoms with Gasteiger partial charge in [0.15, 0.2) is 0 Å². The molecular weight excluding hydrogens is 292 g/mol. The van der Waals surface area contributed by atoms with E-state index in [4.69, 9.17) is 9.47 Å². The summed E-state index contributed by atoms with van der Waals surface area (Å²) in [5.41, 5.74) is 1.26. The normalized spacial score (nSPS) is 10.5. The first kappa shape index (κ1) is 16.5. The zero-order chi connectivity index (χ0) is 16.5. The topological polar surface area (TPSA) is 52.6 Å². The molecule has 0 atom stereocenters. The van der Waals surface area contributed by atoms with Crippen molar-refractivity contribution in [2.24, 2.45) is 0 Å². The van der Waals surface area contributed by atoms with E-state index in [0.29, 0.717) is 17.9 Å². The van der Waals surface area contributed by atoms with E-state index in [9.17, 15) is 9.59 Å². The van der Waals surface area contributed by atoms with Gasteiger partial charge in [0, 0.05) is 6.08 Å². The summed E-state index contributed by atoms with van der Waals surface area (Å²) >= 11 is 0. The molecule has 0 bridgehead atoms. The number of esters is 2. The highest BCUT2D eigenvalue weighted by molar-refractivity contribution is 5.91. The summed E-state index contributed by atoms with van der Waals surface area (Å²) in [6.45, 7) is 2.28. The lowest BCUT2D eigenvalue weighted by Gasteiger charge is -2.05. The molecule has 0 aliphatic rings. The molecule has 2 aromatic rings. The third-order valence-corrected chi connectivity index (χ3v) is 2.94. The molecule has 0 amide bonds. The molecule has 0 aliphatic heterocycles. The summed E-state index contributed by atoms with van der Waals surface area (Å²) in [5, 5.41) is 0. The monoisotopic (exact) mass is 310 g/mol. The van der Waals surface area contributed by atoms with Crippen LogP contribution in [0.4, 0.5) is 0 Å². The number of hydrogen-bond donors (Lipinski definition) is 0. The van der Waals surface area contributed by atoms with E-state index in [1.165, 1.54) is 12.1 Å². The van der Waals surface area contributed by atoms with E-state index in [1.807, 2.05) is 37.3 Å². The molecule has 0 heterocycles. The van der Waals surface area contributed by atoms with Gasteiger partial charge in [0.1, 0.15) is 5.75 Å². The van der Waals surface area contributed by atoms with Crippen LogP contribution in [0.2, 0.25) is 0 Å². The highest BCUT2D eigenvalue weighted by Gasteiger charge is 2.09. The number of carbonyl (C=O) groups is 2. The second-order valence-corrected chi connectivity index (χ2v) is 4.83. The molecule has 4 heteroatoms. The molecular formula is C19H18O4. The summed E-state index contributed by atoms with van der Waals surface area (Å²) in [6, 6.07) is 15.8. The molecule has 23 heavy (non-hydrogen) atoms. The van der Waals surface area contributed by atoms with Crippen LogP contribution in [0, 0.1) is 0 Å². The number of ether oxygens (including phenoxy) is 2. The van der Waals surface area contributed by atoms with Crippen molar-refractivity contribution < 1.29 is 19.1 Å². The Bertz CT molecular complexity index is 690. The van der Waals surface area contributed by atoms with Crippen LogP contribution < -0.4 is 4.74 Å². The maximum atomic E-state index is 11.8. The lowest BCUT2D eigenvalue weighted by molar-refractivity contribution is -0.128. The van der Waals surface area contributed by atoms with E-state index in [2.05, 4.69) is 0 Å². The molecule has 0 saturated heterocycles. The predicted molar refractivity (Wildman–Crippen MR) is 88.1 cm³/mol. The molecule has 0 radical (unpaired) electrons. The van der Waals surface area contributed by atoms with Crippen molar-refractivity contribution in [3.05, 3.63) is 71.8 Å². The molecule has 118 valence electrons. The van der Waals surface area contributed by atoms with Gasteiger partial charge < -0.3 is 9.47 Å². The Labute approximate surface area is 135 Å². The molecule has 0 N–H and O–H groups in total. The van der Waals surface area contributed by atoms with E-state index in [-0.39, 0.29) is 0 Å². The van der Waals surface area contributed by atoms with Gasteiger partial charge in [0.05, 0.1) is 12.2 Å². The lowest BCUT2D eigenvalue weighted by Crippen LogP contribution is -2.07. The van der Waals surface area contributed by atoms with E-state index in [0.717, 1.165) is 12.0 Å². The van der Waals surface area contributed by atoms with Crippen molar-refractivity contribution in [2.45, 2.75) is 13.3 Å². The lowest BCUT2D eigenvalue weighted by atomic mass is 10.2. The Hall–Kier alpha value is -2.88. The zero-order valence-corrected chi connectivity index (χ0v) is 12.9. The second kappa shape index (κ2) is 8.54. The minimum atomic E-state index is -0.507. The highest BCUT2D eigenvalue weighted by atomic mass is 16.5. The van der Waals surface area contributed by atoms with Crippen LogP contribution in [0.25, 0.3) is 6.08 Å². The Kier molecular flexibility index (Phi) is 6.12. The molecule has 0 unspecified atom stereocenters. The standard InChI is InChI=1S/C19H18O4/c1-2-13-22-19(21)16-9-6-10-17(14-16)23-18(20)12-11-15-7-4-3-5-8-15/h3-12,14H,2,13H2,1H3/b12-11+. The van der Waals surface area contributed by atoms with Gasteiger partial charge in [-0.25, -0.2) is 9.59 Å². The van der Waals surface area contributed by atoms with Gasteiger partial charge in [-0.05, 0) is 36.3 Å². The van der Waals surface area contributed by atoms with Gasteiger partial charge in [-0.15, -0.1) is 0 Å². The van der Waals surface area contributed by atoms with Crippen molar-refractivity contribution >= 4 is 18.0 Å². The fourth-order valence-corrected chi connectivity index (χ4v) is 1.84. The maximum Gasteiger partial charge on any atom is 0.338 e. The van der Waals surface area contributed by atoms with Crippen LogP contribution in [0.1, 0.15) is 29.3 Å². The van der Waals surface area contributed by atoms with Gasteiger partial charge in [-0.1, -0.05) is 43.3 Å². The zero-order valence-electron chi connectivity index (χ0n) is 12.9. The summed E-state index contributed by atoms with van der Waals surface area (Å²) < 4.78 is 10.2. The number of benzene rings is 2. The highest BCUT2D eigenvalue weighted by Crippen LogP contribution is 2.15. The third kappa shape index (κ3) is 5.43. The number of carbonyl (C=O) groups excluding carboxylic acids is 2. The van der Waals surface area contributed by atoms with Gasteiger partial charge in [-0.3, -0.25) is 0 Å². The van der Waals surface area contributed by atoms with E-state index < -0.39 is 11.9 Å². The van der Waals surface area contributed by atoms with Crippen LogP contribution in [-0.4, -0.2) is 18.5 Å². The Morgan fingerprint density at radius 1 is 1.04 bits per heavy atom. The predicted octanol–water partition coefficient (Wildman–Crippen LogP) is 3.87. The SMILES string of the molecule is CCCOC(=O)c1cccc(OC(=O)/C=C/c2ccccc2)c1. The Morgan fingerprint density at radius 2 is 1.83 bits per heavy atom. The van der Waals surface area contributed by atoms with Crippen LogP contribution in [-0.2, 0) is 9.53 Å². The van der Waals surface area contributed by atoms with Gasteiger partial charge in [0.25, 0.3) is 0 Å². The largest absolute Gasteiger partial charge is 0.462 e. The third-order valence-electron chi connectivity index (χ3n) is 2.94. The average molecular weight is 310 g/mol. The summed E-state index contributed by atoms with van der Waals surface area (Å²) in [4.78, 5) is 23.6. The number of rotatable bonds is 6. The first-order chi connectivity index (χ1) is 11.2. The molecule has 2 rings (SSSR count). The molecule has 0 spiro atoms. The Morgan fingerprint density at radius 3 is 2.57 bits per heavy atom. The molecule has 2 aromatic carbocycles. The van der Waals surface area contributed by atoms with Crippen molar-refractivity contribution in [3.8, 4) is 5.75 Å². The summed E-state index contributed by atoms with van der Waals surface area (Å²) in [5.74, 6) is -0.629. The molecule has 4 nitrogen and oxygen atoms in total. The summed E-state index contributed by atoms with van der Waals surface area (Å²) in [7, 11) is 0. The minimum Gasteiger partial charge on any atom is -0.462 e. The van der Waals surface area contributed by atoms with Crippen LogP contribution in [0.3, 0.4) is 0 Å². The Balaban J connectivity index is 1.98. The fourth-order valence-electron chi connectivity index (χ4n) is 1.84. The van der Waals surface area contributed by atoms with Crippen molar-refractivity contribution in [1.82, 2.24) is 0 Å². The van der Waals surface area contributed by atoms with Crippen LogP contribution in [0.5, 0.6) is 5.75 Å². The van der Waals surface area contributed by atoms with Crippen LogP contribution in [0.15, 0.2) is 60.7 Å². The van der Waals surface area contributed by atoms with Crippen molar-refractivity contribution in [3.63, 3.8) is 0 Å². The van der Waals surface area contributed by atoms with Crippen LogP contribution >= 0.6 is 0 Å².